The van der Waals surface area contributed by atoms with Crippen molar-refractivity contribution in [3.8, 4) is 23.7 Å². The van der Waals surface area contributed by atoms with Crippen molar-refractivity contribution >= 4 is 11.9 Å². The lowest BCUT2D eigenvalue weighted by Gasteiger charge is -1.86. The molecule has 0 aromatic carbocycles. The van der Waals surface area contributed by atoms with Crippen molar-refractivity contribution < 1.29 is 19.8 Å². The van der Waals surface area contributed by atoms with Gasteiger partial charge in [0.1, 0.15) is 0 Å². The number of carboxylic acids is 2. The van der Waals surface area contributed by atoms with Gasteiger partial charge in [-0.1, -0.05) is 11.8 Å². The van der Waals surface area contributed by atoms with E-state index < -0.39 is 11.9 Å². The standard InChI is InChI=1S/C11H12O4/c12-10(13)8-6-4-2-1-3-5-7-9-11(14)15/h4,6-9H2,(H,12,13)(H,14,15). The summed E-state index contributed by atoms with van der Waals surface area (Å²) in [7, 11) is 0. The van der Waals surface area contributed by atoms with Gasteiger partial charge in [0, 0.05) is 19.3 Å². The Morgan fingerprint density at radius 2 is 1.40 bits per heavy atom. The van der Waals surface area contributed by atoms with E-state index in [1.165, 1.54) is 0 Å². The Morgan fingerprint density at radius 3 is 1.93 bits per heavy atom. The molecule has 0 aromatic heterocycles. The molecule has 0 amide bonds. The molecule has 0 spiro atoms. The van der Waals surface area contributed by atoms with Gasteiger partial charge in [-0.05, 0) is 18.3 Å². The predicted molar refractivity (Wildman–Crippen MR) is 53.9 cm³/mol. The van der Waals surface area contributed by atoms with Gasteiger partial charge < -0.3 is 10.2 Å². The van der Waals surface area contributed by atoms with Crippen molar-refractivity contribution in [3.05, 3.63) is 0 Å². The highest BCUT2D eigenvalue weighted by molar-refractivity contribution is 5.67. The van der Waals surface area contributed by atoms with Crippen LogP contribution in [0.2, 0.25) is 0 Å². The first-order valence-electron chi connectivity index (χ1n) is 4.52. The van der Waals surface area contributed by atoms with Gasteiger partial charge in [-0.15, -0.1) is 0 Å². The number of aliphatic carboxylic acids is 2. The molecule has 0 aliphatic rings. The van der Waals surface area contributed by atoms with Gasteiger partial charge in [0.05, 0.1) is 6.42 Å². The van der Waals surface area contributed by atoms with Gasteiger partial charge in [0.25, 0.3) is 0 Å². The number of unbranched alkanes of at least 4 members (excludes halogenated alkanes) is 1. The average molecular weight is 208 g/mol. The summed E-state index contributed by atoms with van der Waals surface area (Å²) in [6.07, 6.45) is 1.44. The van der Waals surface area contributed by atoms with Gasteiger partial charge in [0.15, 0.2) is 0 Å². The first kappa shape index (κ1) is 13.1. The maximum atomic E-state index is 10.1. The fourth-order valence-corrected chi connectivity index (χ4v) is 0.711. The first-order valence-corrected chi connectivity index (χ1v) is 4.52. The molecular weight excluding hydrogens is 196 g/mol. The molecule has 0 saturated carbocycles. The molecule has 0 saturated heterocycles. The van der Waals surface area contributed by atoms with Crippen LogP contribution in [0.3, 0.4) is 0 Å². The van der Waals surface area contributed by atoms with E-state index in [1.807, 2.05) is 0 Å². The molecule has 0 aromatic rings. The second-order valence-corrected chi connectivity index (χ2v) is 2.74. The maximum Gasteiger partial charge on any atom is 0.304 e. The molecule has 0 aliphatic heterocycles. The number of rotatable bonds is 5. The van der Waals surface area contributed by atoms with Crippen LogP contribution in [0.4, 0.5) is 0 Å². The second kappa shape index (κ2) is 8.65. The lowest BCUT2D eigenvalue weighted by molar-refractivity contribution is -0.138. The molecule has 0 rings (SSSR count). The molecule has 2 N–H and O–H groups in total. The van der Waals surface area contributed by atoms with E-state index in [0.29, 0.717) is 19.3 Å². The summed E-state index contributed by atoms with van der Waals surface area (Å²) in [6.45, 7) is 0. The van der Waals surface area contributed by atoms with Crippen LogP contribution in [0.25, 0.3) is 0 Å². The monoisotopic (exact) mass is 208 g/mol. The molecule has 80 valence electrons. The highest BCUT2D eigenvalue weighted by Crippen LogP contribution is 1.92. The van der Waals surface area contributed by atoms with Crippen molar-refractivity contribution in [1.82, 2.24) is 0 Å². The van der Waals surface area contributed by atoms with Gasteiger partial charge in [-0.2, -0.15) is 0 Å². The van der Waals surface area contributed by atoms with Crippen LogP contribution in [0.5, 0.6) is 0 Å². The van der Waals surface area contributed by atoms with Gasteiger partial charge in [-0.25, -0.2) is 0 Å². The van der Waals surface area contributed by atoms with Crippen LogP contribution in [0, 0.1) is 23.7 Å². The fourth-order valence-electron chi connectivity index (χ4n) is 0.711. The Bertz CT molecular complexity index is 335. The summed E-state index contributed by atoms with van der Waals surface area (Å²) >= 11 is 0. The summed E-state index contributed by atoms with van der Waals surface area (Å²) in [4.78, 5) is 20.2. The number of carbonyl (C=O) groups is 2. The third kappa shape index (κ3) is 12.1. The zero-order valence-corrected chi connectivity index (χ0v) is 8.25. The molecule has 0 fully saturated rings. The first-order chi connectivity index (χ1) is 7.13. The molecule has 4 heteroatoms. The lowest BCUT2D eigenvalue weighted by atomic mass is 10.2. The van der Waals surface area contributed by atoms with Crippen molar-refractivity contribution in [3.63, 3.8) is 0 Å². The molecule has 0 aliphatic carbocycles. The Kier molecular flexibility index (Phi) is 7.53. The van der Waals surface area contributed by atoms with Crippen LogP contribution in [-0.4, -0.2) is 22.2 Å². The zero-order valence-electron chi connectivity index (χ0n) is 8.25. The van der Waals surface area contributed by atoms with E-state index in [1.54, 1.807) is 0 Å². The van der Waals surface area contributed by atoms with Crippen molar-refractivity contribution in [2.45, 2.75) is 32.1 Å². The Morgan fingerprint density at radius 1 is 0.867 bits per heavy atom. The highest BCUT2D eigenvalue weighted by Gasteiger charge is 1.92. The maximum absolute atomic E-state index is 10.1. The number of hydrogen-bond acceptors (Lipinski definition) is 2. The van der Waals surface area contributed by atoms with E-state index in [-0.39, 0.29) is 12.8 Å². The van der Waals surface area contributed by atoms with Crippen LogP contribution in [0.15, 0.2) is 0 Å². The third-order valence-corrected chi connectivity index (χ3v) is 1.40. The second-order valence-electron chi connectivity index (χ2n) is 2.74. The van der Waals surface area contributed by atoms with Gasteiger partial charge >= 0.3 is 11.9 Å². The van der Waals surface area contributed by atoms with Crippen LogP contribution in [0.1, 0.15) is 32.1 Å². The Labute approximate surface area is 88.3 Å². The summed E-state index contributed by atoms with van der Waals surface area (Å²) < 4.78 is 0. The Balaban J connectivity index is 3.52. The number of hydrogen-bond donors (Lipinski definition) is 2. The van der Waals surface area contributed by atoms with E-state index >= 15 is 0 Å². The van der Waals surface area contributed by atoms with Crippen LogP contribution >= 0.6 is 0 Å². The average Bonchev–Trinajstić information content (AvgIpc) is 2.14. The summed E-state index contributed by atoms with van der Waals surface area (Å²) in [6, 6.07) is 0. The number of carboxylic acid groups (broad SMARTS) is 2. The van der Waals surface area contributed by atoms with Gasteiger partial charge in [-0.3, -0.25) is 9.59 Å². The Hall–Kier alpha value is -1.94. The van der Waals surface area contributed by atoms with E-state index in [2.05, 4.69) is 23.7 Å². The minimum atomic E-state index is -0.876. The van der Waals surface area contributed by atoms with Crippen molar-refractivity contribution in [2.75, 3.05) is 0 Å². The van der Waals surface area contributed by atoms with E-state index in [4.69, 9.17) is 10.2 Å². The van der Waals surface area contributed by atoms with E-state index in [9.17, 15) is 9.59 Å². The largest absolute Gasteiger partial charge is 0.481 e. The summed E-state index contributed by atoms with van der Waals surface area (Å²) in [5.74, 6) is 8.63. The molecule has 0 unspecified atom stereocenters. The fraction of sp³-hybridized carbons (Fsp3) is 0.455. The summed E-state index contributed by atoms with van der Waals surface area (Å²) in [5.41, 5.74) is 0. The third-order valence-electron chi connectivity index (χ3n) is 1.40. The van der Waals surface area contributed by atoms with Crippen molar-refractivity contribution in [2.24, 2.45) is 0 Å². The minimum absolute atomic E-state index is 0.0215. The normalized spacial score (nSPS) is 8.00. The topological polar surface area (TPSA) is 74.6 Å². The summed E-state index contributed by atoms with van der Waals surface area (Å²) in [5, 5.41) is 16.6. The van der Waals surface area contributed by atoms with Gasteiger partial charge in [0.2, 0.25) is 0 Å². The van der Waals surface area contributed by atoms with Crippen LogP contribution < -0.4 is 0 Å². The molecule has 0 heterocycles. The predicted octanol–water partition coefficient (Wildman–Crippen LogP) is 1.11. The molecule has 4 nitrogen and oxygen atoms in total. The smallest absolute Gasteiger partial charge is 0.304 e. The van der Waals surface area contributed by atoms with Crippen LogP contribution in [-0.2, 0) is 9.59 Å². The zero-order chi connectivity index (χ0) is 11.5. The SMILES string of the molecule is O=C(O)CCC#CC#CCCCC(=O)O. The highest BCUT2D eigenvalue weighted by atomic mass is 16.4. The molecule has 15 heavy (non-hydrogen) atoms. The molecule has 0 bridgehead atoms. The molecule has 0 atom stereocenters. The van der Waals surface area contributed by atoms with Crippen molar-refractivity contribution in [1.29, 1.82) is 0 Å². The molecule has 0 radical (unpaired) electrons. The molecular formula is C11H12O4. The quantitative estimate of drug-likeness (QED) is 0.524. The lowest BCUT2D eigenvalue weighted by Crippen LogP contribution is -1.92. The minimum Gasteiger partial charge on any atom is -0.481 e. The van der Waals surface area contributed by atoms with E-state index in [0.717, 1.165) is 0 Å².